The van der Waals surface area contributed by atoms with Gasteiger partial charge < -0.3 is 14.6 Å². The summed E-state index contributed by atoms with van der Waals surface area (Å²) in [7, 11) is -2.90. The van der Waals surface area contributed by atoms with E-state index < -0.39 is 86.0 Å². The van der Waals surface area contributed by atoms with Gasteiger partial charge in [0.1, 0.15) is 17.7 Å². The first kappa shape index (κ1) is 37.3. The number of alkyl halides is 6. The molecule has 3 atom stereocenters. The van der Waals surface area contributed by atoms with Gasteiger partial charge in [-0.2, -0.15) is 26.3 Å². The molecule has 0 bridgehead atoms. The van der Waals surface area contributed by atoms with Gasteiger partial charge in [0.05, 0.1) is 41.9 Å². The van der Waals surface area contributed by atoms with Gasteiger partial charge in [-0.15, -0.1) is 0 Å². The number of carboxylic acid groups (broad SMARTS) is 1. The Labute approximate surface area is 286 Å². The minimum atomic E-state index is -5.17. The molecule has 0 saturated carbocycles. The normalized spacial score (nSPS) is 21.0. The number of carbonyl (C=O) groups excluding carboxylic acids is 1. The van der Waals surface area contributed by atoms with E-state index in [9.17, 15) is 49.5 Å². The molecule has 1 N–H and O–H groups in total. The molecule has 1 saturated heterocycles. The minimum Gasteiger partial charge on any atom is -0.496 e. The molecule has 2 aliphatic rings. The number of carboxylic acids is 1. The number of ether oxygens (including phenoxy) is 2. The summed E-state index contributed by atoms with van der Waals surface area (Å²) >= 11 is 0. The maximum atomic E-state index is 15.6. The van der Waals surface area contributed by atoms with Crippen molar-refractivity contribution in [3.8, 4) is 16.9 Å². The molecule has 1 aliphatic carbocycles. The summed E-state index contributed by atoms with van der Waals surface area (Å²) in [4.78, 5) is 34.4. The SMILES string of the molecule is COc1cc(F)c(C2=CC=CCC2(C)C(=O)O)cc1-c1cnc(S(C)(=O)=O)nc1CN1C(=O)O[C@H](c2cc(C(F)(F)F)cc(C(F)(F)F)c2)[C@@H]1C. The van der Waals surface area contributed by atoms with Crippen molar-refractivity contribution in [2.24, 2.45) is 5.41 Å². The third-order valence-electron chi connectivity index (χ3n) is 8.69. The van der Waals surface area contributed by atoms with Crippen LogP contribution in [0, 0.1) is 11.2 Å². The van der Waals surface area contributed by atoms with Crippen molar-refractivity contribution in [2.45, 2.75) is 56.5 Å². The van der Waals surface area contributed by atoms with Crippen LogP contribution in [0.5, 0.6) is 5.75 Å². The number of hydrogen-bond acceptors (Lipinski definition) is 8. The summed E-state index contributed by atoms with van der Waals surface area (Å²) in [6, 6.07) is 1.80. The molecule has 18 heteroatoms. The topological polar surface area (TPSA) is 136 Å². The molecule has 272 valence electrons. The fourth-order valence-corrected chi connectivity index (χ4v) is 6.40. The number of cyclic esters (lactones) is 1. The molecule has 51 heavy (non-hydrogen) atoms. The van der Waals surface area contributed by atoms with E-state index in [2.05, 4.69) is 9.97 Å². The molecule has 1 aromatic heterocycles. The molecular formula is C33H28F7N3O7S. The predicted molar refractivity (Wildman–Crippen MR) is 165 cm³/mol. The van der Waals surface area contributed by atoms with Crippen LogP contribution in [0.2, 0.25) is 0 Å². The van der Waals surface area contributed by atoms with Crippen LogP contribution in [0.3, 0.4) is 0 Å². The van der Waals surface area contributed by atoms with E-state index in [-0.39, 0.29) is 46.2 Å². The fourth-order valence-electron chi connectivity index (χ4n) is 5.88. The van der Waals surface area contributed by atoms with E-state index in [0.29, 0.717) is 12.1 Å². The monoisotopic (exact) mass is 743 g/mol. The molecule has 10 nitrogen and oxygen atoms in total. The van der Waals surface area contributed by atoms with Crippen LogP contribution in [0.25, 0.3) is 16.7 Å². The lowest BCUT2D eigenvalue weighted by atomic mass is 9.73. The Kier molecular flexibility index (Phi) is 9.47. The molecule has 1 fully saturated rings. The Morgan fingerprint density at radius 2 is 1.69 bits per heavy atom. The van der Waals surface area contributed by atoms with E-state index in [0.717, 1.165) is 23.4 Å². The van der Waals surface area contributed by atoms with Crippen LogP contribution in [0.15, 0.2) is 59.9 Å². The molecule has 1 amide bonds. The highest BCUT2D eigenvalue weighted by atomic mass is 32.2. The summed E-state index contributed by atoms with van der Waals surface area (Å²) in [5.74, 6) is -2.23. The van der Waals surface area contributed by atoms with Gasteiger partial charge in [0, 0.05) is 35.2 Å². The lowest BCUT2D eigenvalue weighted by Crippen LogP contribution is -2.32. The Hall–Kier alpha value is -5.00. The average molecular weight is 744 g/mol. The second kappa shape index (κ2) is 13.0. The maximum Gasteiger partial charge on any atom is 0.416 e. The summed E-state index contributed by atoms with van der Waals surface area (Å²) < 4.78 is 133. The quantitative estimate of drug-likeness (QED) is 0.187. The molecule has 1 unspecified atom stereocenters. The highest BCUT2D eigenvalue weighted by molar-refractivity contribution is 7.90. The van der Waals surface area contributed by atoms with Crippen molar-refractivity contribution in [2.75, 3.05) is 13.4 Å². The second-order valence-electron chi connectivity index (χ2n) is 12.2. The summed E-state index contributed by atoms with van der Waals surface area (Å²) in [5, 5.41) is 9.32. The zero-order chi connectivity index (χ0) is 37.8. The van der Waals surface area contributed by atoms with E-state index in [4.69, 9.17) is 9.47 Å². The number of hydrogen-bond donors (Lipinski definition) is 1. The third-order valence-corrected chi connectivity index (χ3v) is 9.55. The third kappa shape index (κ3) is 7.13. The first-order valence-corrected chi connectivity index (χ1v) is 16.8. The van der Waals surface area contributed by atoms with Crippen LogP contribution in [0.1, 0.15) is 54.3 Å². The summed E-state index contributed by atoms with van der Waals surface area (Å²) in [5.41, 5.74) is -5.64. The zero-order valence-electron chi connectivity index (χ0n) is 27.1. The number of sulfone groups is 1. The van der Waals surface area contributed by atoms with Gasteiger partial charge in [-0.1, -0.05) is 18.2 Å². The molecule has 1 aliphatic heterocycles. The van der Waals surface area contributed by atoms with E-state index in [1.165, 1.54) is 33.1 Å². The standard InChI is InChI=1S/C33H28F7N3O7S/c1-16-27(17-9-18(32(35,36)37)11-19(10-17)33(38,39)40)50-30(46)43(16)15-25-22(14-41-29(42-25)51(4,47)48)20-12-21(24(34)13-26(20)49-3)23-7-5-6-8-31(23,2)28(44)45/h5-7,9-14,16,27H,8,15H2,1-4H3,(H,44,45)/t16-,27-,31?/m0/s1. The zero-order valence-corrected chi connectivity index (χ0v) is 27.9. The minimum absolute atomic E-state index is 0.0219. The van der Waals surface area contributed by atoms with Crippen LogP contribution in [-0.4, -0.2) is 59.9 Å². The number of benzene rings is 2. The van der Waals surface area contributed by atoms with Gasteiger partial charge in [0.15, 0.2) is 0 Å². The molecule has 0 spiro atoms. The summed E-state index contributed by atoms with van der Waals surface area (Å²) in [6.07, 6.45) is -6.69. The number of allylic oxidation sites excluding steroid dienone is 3. The number of aromatic nitrogens is 2. The Morgan fingerprint density at radius 1 is 1.06 bits per heavy atom. The molecule has 0 radical (unpaired) electrons. The van der Waals surface area contributed by atoms with Gasteiger partial charge in [0.2, 0.25) is 15.0 Å². The van der Waals surface area contributed by atoms with Crippen molar-refractivity contribution in [3.05, 3.63) is 88.5 Å². The average Bonchev–Trinajstić information content (AvgIpc) is 3.32. The van der Waals surface area contributed by atoms with Crippen molar-refractivity contribution in [1.29, 1.82) is 0 Å². The van der Waals surface area contributed by atoms with Crippen molar-refractivity contribution >= 4 is 27.5 Å². The van der Waals surface area contributed by atoms with Crippen LogP contribution in [-0.2, 0) is 38.3 Å². The molecule has 2 heterocycles. The second-order valence-corrected chi connectivity index (χ2v) is 14.1. The molecule has 5 rings (SSSR count). The Morgan fingerprint density at radius 3 is 2.24 bits per heavy atom. The summed E-state index contributed by atoms with van der Waals surface area (Å²) in [6.45, 7) is 2.09. The number of halogens is 7. The first-order valence-electron chi connectivity index (χ1n) is 14.9. The lowest BCUT2D eigenvalue weighted by Gasteiger charge is -2.30. The number of carbonyl (C=O) groups is 2. The maximum absolute atomic E-state index is 15.6. The largest absolute Gasteiger partial charge is 0.496 e. The van der Waals surface area contributed by atoms with Gasteiger partial charge >= 0.3 is 24.4 Å². The highest BCUT2D eigenvalue weighted by Crippen LogP contribution is 2.46. The van der Waals surface area contributed by atoms with Crippen LogP contribution < -0.4 is 4.74 Å². The predicted octanol–water partition coefficient (Wildman–Crippen LogP) is 7.25. The number of methoxy groups -OCH3 is 1. The van der Waals surface area contributed by atoms with Crippen molar-refractivity contribution in [3.63, 3.8) is 0 Å². The van der Waals surface area contributed by atoms with Gasteiger partial charge in [-0.3, -0.25) is 9.69 Å². The lowest BCUT2D eigenvalue weighted by molar-refractivity contribution is -0.145. The number of amides is 1. The van der Waals surface area contributed by atoms with Crippen molar-refractivity contribution in [1.82, 2.24) is 14.9 Å². The smallest absolute Gasteiger partial charge is 0.416 e. The molecule has 3 aromatic rings. The Balaban J connectivity index is 1.63. The van der Waals surface area contributed by atoms with Crippen molar-refractivity contribution < 1.29 is 63.3 Å². The van der Waals surface area contributed by atoms with E-state index in [1.807, 2.05) is 0 Å². The number of aliphatic carboxylic acids is 1. The highest BCUT2D eigenvalue weighted by Gasteiger charge is 2.44. The number of rotatable bonds is 8. The molecular weight excluding hydrogens is 715 g/mol. The van der Waals surface area contributed by atoms with Crippen LogP contribution >= 0.6 is 0 Å². The van der Waals surface area contributed by atoms with E-state index >= 15 is 4.39 Å². The number of nitrogens with zero attached hydrogens (tertiary/aromatic N) is 3. The first-order chi connectivity index (χ1) is 23.6. The van der Waals surface area contributed by atoms with Gasteiger partial charge in [-0.25, -0.2) is 27.6 Å². The van der Waals surface area contributed by atoms with Gasteiger partial charge in [-0.05, 0) is 55.7 Å². The van der Waals surface area contributed by atoms with Gasteiger partial charge in [0.25, 0.3) is 0 Å². The Bertz CT molecular complexity index is 2070. The molecule has 2 aromatic carbocycles. The van der Waals surface area contributed by atoms with Crippen LogP contribution in [0.4, 0.5) is 35.5 Å². The fraction of sp³-hybridized carbons (Fsp3) is 0.333. The van der Waals surface area contributed by atoms with E-state index in [1.54, 1.807) is 12.2 Å².